The minimum Gasteiger partial charge on any atom is -0.748 e. The molecule has 6 rings (SSSR count). The van der Waals surface area contributed by atoms with Gasteiger partial charge in [0.15, 0.2) is 12.3 Å². The molecule has 56 heavy (non-hydrogen) atoms. The van der Waals surface area contributed by atoms with E-state index in [9.17, 15) is 49.0 Å². The minimum absolute atomic E-state index is 0.0796. The van der Waals surface area contributed by atoms with Crippen LogP contribution in [0.25, 0.3) is 0 Å². The van der Waals surface area contributed by atoms with E-state index in [4.69, 9.17) is 4.74 Å². The fraction of sp³-hybridized carbons (Fsp3) is 0.351. The molecular weight excluding hydrogens is 809 g/mol. The van der Waals surface area contributed by atoms with Crippen molar-refractivity contribution in [3.8, 4) is 0 Å². The van der Waals surface area contributed by atoms with E-state index >= 15 is 0 Å². The Balaban J connectivity index is 1.33. The highest BCUT2D eigenvalue weighted by Gasteiger charge is 2.54. The lowest BCUT2D eigenvalue weighted by molar-refractivity contribution is -0.630. The summed E-state index contributed by atoms with van der Waals surface area (Å²) in [6, 6.07) is 9.16. The normalized spacial score (nSPS) is 23.2. The number of allylic oxidation sites excluding steroid dienone is 9. The van der Waals surface area contributed by atoms with Gasteiger partial charge in [-0.1, -0.05) is 24.3 Å². The summed E-state index contributed by atoms with van der Waals surface area (Å²) in [5.41, 5.74) is 4.35. The van der Waals surface area contributed by atoms with E-state index in [0.717, 1.165) is 34.2 Å². The van der Waals surface area contributed by atoms with Gasteiger partial charge in [-0.2, -0.15) is 4.58 Å². The first-order chi connectivity index (χ1) is 26.1. The first-order valence-corrected chi connectivity index (χ1v) is 22.6. The smallest absolute Gasteiger partial charge is 0.308 e. The molecule has 0 bridgehead atoms. The van der Waals surface area contributed by atoms with Crippen molar-refractivity contribution < 1.29 is 62.6 Å². The van der Waals surface area contributed by atoms with Crippen molar-refractivity contribution in [1.29, 1.82) is 0 Å². The number of carbonyl (C=O) groups is 1. The third kappa shape index (κ3) is 8.51. The SMILES string of the molecule is CC(=O)OC(=C\C=C\C1=C2N(CCS(=O)(=O)[O-])c3ccc(S(=O)(=O)[O-])cc3C2(C)CC1)/C=C/C=C1\CCC2(C)C1=[N+](CCS(=O)(=O)[O-])c1ccc(SO[O-])cc12. The van der Waals surface area contributed by atoms with E-state index in [1.165, 1.54) is 19.1 Å². The Morgan fingerprint density at radius 2 is 1.64 bits per heavy atom. The number of ether oxygens (including phenoxy) is 1. The van der Waals surface area contributed by atoms with E-state index in [2.05, 4.69) is 4.33 Å². The fourth-order valence-electron chi connectivity index (χ4n) is 8.29. The van der Waals surface area contributed by atoms with Crippen LogP contribution >= 0.6 is 12.0 Å². The predicted octanol–water partition coefficient (Wildman–Crippen LogP) is 3.44. The van der Waals surface area contributed by atoms with Crippen molar-refractivity contribution in [3.05, 3.63) is 107 Å². The van der Waals surface area contributed by atoms with Gasteiger partial charge in [-0.3, -0.25) is 4.79 Å². The molecule has 1 fully saturated rings. The summed E-state index contributed by atoms with van der Waals surface area (Å²) < 4.78 is 117. The summed E-state index contributed by atoms with van der Waals surface area (Å²) in [5, 5.41) is 10.8. The third-order valence-electron chi connectivity index (χ3n) is 10.6. The maximum Gasteiger partial charge on any atom is 0.308 e. The molecule has 0 amide bonds. The number of rotatable bonds is 14. The topological polar surface area (TPSA) is 236 Å². The van der Waals surface area contributed by atoms with E-state index in [0.29, 0.717) is 59.6 Å². The summed E-state index contributed by atoms with van der Waals surface area (Å²) in [5.74, 6) is -1.76. The Morgan fingerprint density at radius 3 is 2.30 bits per heavy atom. The maximum atomic E-state index is 12.1. The van der Waals surface area contributed by atoms with Crippen LogP contribution in [0.4, 0.5) is 11.4 Å². The zero-order valence-corrected chi connectivity index (χ0v) is 33.7. The lowest BCUT2D eigenvalue weighted by Crippen LogP contribution is -2.30. The van der Waals surface area contributed by atoms with Crippen molar-refractivity contribution in [1.82, 2.24) is 0 Å². The molecule has 1 saturated carbocycles. The van der Waals surface area contributed by atoms with Crippen LogP contribution < -0.4 is 10.2 Å². The molecule has 2 unspecified atom stereocenters. The molecule has 0 N–H and O–H groups in total. The van der Waals surface area contributed by atoms with E-state index in [-0.39, 0.29) is 18.8 Å². The molecule has 19 heteroatoms. The average Bonchev–Trinajstić information content (AvgIpc) is 3.75. The van der Waals surface area contributed by atoms with Gasteiger partial charge in [-0.25, -0.2) is 25.3 Å². The second-order valence-corrected chi connectivity index (χ2v) is 19.5. The number of esters is 1. The van der Waals surface area contributed by atoms with Crippen LogP contribution in [0.1, 0.15) is 57.6 Å². The largest absolute Gasteiger partial charge is 0.748 e. The monoisotopic (exact) mass is 845 g/mol. The Hall–Kier alpha value is -3.92. The number of nitrogens with zero attached hydrogens (tertiary/aromatic N) is 2. The molecular formula is C37H37N2O13S4-3. The van der Waals surface area contributed by atoms with Crippen LogP contribution in [0, 0.1) is 0 Å². The molecule has 2 atom stereocenters. The quantitative estimate of drug-likeness (QED) is 0.0387. The van der Waals surface area contributed by atoms with Crippen LogP contribution in [-0.2, 0) is 55.0 Å². The van der Waals surface area contributed by atoms with Crippen LogP contribution in [0.5, 0.6) is 0 Å². The van der Waals surface area contributed by atoms with Gasteiger partial charge in [0.05, 0.1) is 31.9 Å². The van der Waals surface area contributed by atoms with Crippen molar-refractivity contribution in [2.45, 2.75) is 67.1 Å². The van der Waals surface area contributed by atoms with Gasteiger partial charge in [0.25, 0.3) is 0 Å². The highest BCUT2D eigenvalue weighted by Crippen LogP contribution is 2.56. The summed E-state index contributed by atoms with van der Waals surface area (Å²) in [4.78, 5) is 13.9. The Bertz CT molecular complexity index is 2520. The lowest BCUT2D eigenvalue weighted by Gasteiger charge is -2.27. The second-order valence-electron chi connectivity index (χ2n) is 14.2. The molecule has 0 spiro atoms. The highest BCUT2D eigenvalue weighted by molar-refractivity contribution is 7.94. The van der Waals surface area contributed by atoms with Gasteiger partial charge in [0.2, 0.25) is 5.69 Å². The molecule has 4 aliphatic rings. The number of benzene rings is 2. The Kier molecular flexibility index (Phi) is 11.5. The fourth-order valence-corrected chi connectivity index (χ4v) is 9.97. The molecule has 0 saturated heterocycles. The summed E-state index contributed by atoms with van der Waals surface area (Å²) in [6.45, 7) is 4.84. The predicted molar refractivity (Wildman–Crippen MR) is 200 cm³/mol. The molecule has 2 aliphatic carbocycles. The van der Waals surface area contributed by atoms with E-state index in [1.807, 2.05) is 30.6 Å². The highest BCUT2D eigenvalue weighted by atomic mass is 32.2. The van der Waals surface area contributed by atoms with Gasteiger partial charge in [-0.15, -0.1) is 0 Å². The van der Waals surface area contributed by atoms with Gasteiger partial charge < -0.3 is 32.9 Å². The van der Waals surface area contributed by atoms with E-state index in [1.54, 1.807) is 47.4 Å². The minimum atomic E-state index is -4.78. The van der Waals surface area contributed by atoms with Crippen molar-refractivity contribution in [3.63, 3.8) is 0 Å². The maximum absolute atomic E-state index is 12.1. The Labute approximate surface area is 329 Å². The van der Waals surface area contributed by atoms with Crippen LogP contribution in [0.2, 0.25) is 0 Å². The van der Waals surface area contributed by atoms with Gasteiger partial charge >= 0.3 is 5.97 Å². The Morgan fingerprint density at radius 1 is 0.929 bits per heavy atom. The number of hydrogen-bond donors (Lipinski definition) is 0. The number of fused-ring (bicyclic) bond motifs is 6. The number of hydrogen-bond acceptors (Lipinski definition) is 15. The first-order valence-electron chi connectivity index (χ1n) is 17.3. The molecule has 2 heterocycles. The van der Waals surface area contributed by atoms with Gasteiger partial charge in [0, 0.05) is 64.4 Å². The van der Waals surface area contributed by atoms with E-state index < -0.39 is 63.6 Å². The standard InChI is InChI=1S/C37H40N2O13S4/c1-24(40)51-27(8-4-6-25-14-16-36(2)30-22-28(53-52-41)10-12-32(30)38(34(25)36)18-20-54(42,43)44)9-5-7-26-15-17-37(3)31-23-29(56(48,49)50)11-13-33(31)39(35(26)37)19-21-55(45,46)47/h4-13,22-23H,14-21H2,1-3H3,(H3-,41,42,43,44,45,46,47,48,49,50)/p-3. The number of carbonyl (C=O) groups excluding carboxylic acids is 1. The third-order valence-corrected chi connectivity index (χ3v) is 13.3. The number of anilines is 1. The lowest BCUT2D eigenvalue weighted by atomic mass is 9.81. The van der Waals surface area contributed by atoms with Gasteiger partial charge in [-0.05, 0) is 93.2 Å². The molecule has 300 valence electrons. The average molecular weight is 846 g/mol. The van der Waals surface area contributed by atoms with Gasteiger partial charge in [0.1, 0.15) is 26.0 Å². The van der Waals surface area contributed by atoms with Crippen molar-refractivity contribution in [2.75, 3.05) is 29.5 Å². The summed E-state index contributed by atoms with van der Waals surface area (Å²) >= 11 is 0.659. The molecule has 2 aliphatic heterocycles. The zero-order valence-electron chi connectivity index (χ0n) is 30.4. The molecule has 0 aromatic heterocycles. The van der Waals surface area contributed by atoms with Crippen LogP contribution in [0.15, 0.2) is 105 Å². The molecule has 2 aromatic rings. The molecule has 15 nitrogen and oxygen atoms in total. The summed E-state index contributed by atoms with van der Waals surface area (Å²) in [6.07, 6.45) is 12.3. The summed E-state index contributed by atoms with van der Waals surface area (Å²) in [7, 11) is -13.9. The van der Waals surface area contributed by atoms with Crippen LogP contribution in [0.3, 0.4) is 0 Å². The molecule has 0 radical (unpaired) electrons. The second kappa shape index (κ2) is 15.4. The van der Waals surface area contributed by atoms with Crippen molar-refractivity contribution >= 4 is 65.5 Å². The molecule has 2 aromatic carbocycles. The first kappa shape index (κ1) is 41.7. The van der Waals surface area contributed by atoms with Crippen LogP contribution in [-0.4, -0.2) is 79.8 Å². The van der Waals surface area contributed by atoms with Crippen molar-refractivity contribution in [2.24, 2.45) is 0 Å². The zero-order chi connectivity index (χ0) is 40.8.